The first-order valence-electron chi connectivity index (χ1n) is 21.2. The molecule has 0 atom stereocenters. The Balaban J connectivity index is 0.00000456. The molecule has 9 aromatic carbocycles. The third-order valence-electron chi connectivity index (χ3n) is 12.0. The Hall–Kier alpha value is -7.42. The number of pyridine rings is 1. The normalized spacial score (nSPS) is 11.3. The summed E-state index contributed by atoms with van der Waals surface area (Å²) in [4.78, 5) is 15.7. The van der Waals surface area contributed by atoms with E-state index < -0.39 is 0 Å². The Morgan fingerprint density at radius 2 is 1.00 bits per heavy atom. The molecule has 0 fully saturated rings. The van der Waals surface area contributed by atoms with Crippen LogP contribution in [0.1, 0.15) is 0 Å². The molecule has 0 bridgehead atoms. The molecule has 0 amide bonds. The molecule has 296 valence electrons. The van der Waals surface area contributed by atoms with Crippen LogP contribution in [0.15, 0.2) is 218 Å². The van der Waals surface area contributed by atoms with Gasteiger partial charge in [-0.3, -0.25) is 0 Å². The van der Waals surface area contributed by atoms with Crippen LogP contribution in [0.25, 0.3) is 117 Å². The van der Waals surface area contributed by atoms with E-state index in [1.165, 1.54) is 21.8 Å². The molecule has 12 rings (SSSR count). The van der Waals surface area contributed by atoms with Crippen molar-refractivity contribution in [3.05, 3.63) is 231 Å². The number of para-hydroxylation sites is 2. The van der Waals surface area contributed by atoms with Gasteiger partial charge in [0.1, 0.15) is 0 Å². The van der Waals surface area contributed by atoms with Crippen LogP contribution >= 0.6 is 0 Å². The minimum atomic E-state index is 0. The zero-order valence-corrected chi connectivity index (χ0v) is 38.7. The predicted molar refractivity (Wildman–Crippen MR) is 259 cm³/mol. The predicted octanol–water partition coefficient (Wildman–Crippen LogP) is 14.9. The fraction of sp³-hybridized carbons (Fsp3) is 0. The standard InChI is InChI=1S/C59H36N4.U/c1-3-14-41(15-4-1)52-37-47-35-30-42-16-7-8-21-49(42)58(47)62-57(52)44-33-28-40(29-34-44)39-26-31-43(32-27-39)53-38-54(61-59(60-53)45-17-5-2-6-18-45)46-19-13-20-48(36-46)63-55-24-11-9-22-50(55)51-23-10-12-25-56(51)63;/h1-14,16-36,38H;/q-2;+2. The molecule has 0 spiro atoms. The molecule has 0 radical (unpaired) electrons. The summed E-state index contributed by atoms with van der Waals surface area (Å²) in [5, 5.41) is 5.74. The topological polar surface area (TPSA) is 43.6 Å². The zero-order chi connectivity index (χ0) is 41.7. The summed E-state index contributed by atoms with van der Waals surface area (Å²) >= 11 is 0. The van der Waals surface area contributed by atoms with Crippen LogP contribution < -0.4 is 0 Å². The van der Waals surface area contributed by atoms with Gasteiger partial charge in [-0.05, 0) is 63.5 Å². The maximum atomic E-state index is 5.33. The van der Waals surface area contributed by atoms with E-state index in [4.69, 9.17) is 15.0 Å². The first-order valence-corrected chi connectivity index (χ1v) is 21.2. The summed E-state index contributed by atoms with van der Waals surface area (Å²) in [6, 6.07) is 83.4. The number of rotatable bonds is 7. The molecule has 0 unspecified atom stereocenters. The summed E-state index contributed by atoms with van der Waals surface area (Å²) in [7, 11) is 0. The number of hydrogen-bond acceptors (Lipinski definition) is 3. The Kier molecular flexibility index (Phi) is 10.3. The Bertz CT molecular complexity index is 3600. The summed E-state index contributed by atoms with van der Waals surface area (Å²) in [5.41, 5.74) is 15.1. The molecule has 64 heavy (non-hydrogen) atoms. The maximum absolute atomic E-state index is 5.33. The molecule has 12 aromatic rings. The number of benzene rings is 9. The van der Waals surface area contributed by atoms with Crippen molar-refractivity contribution in [1.29, 1.82) is 0 Å². The van der Waals surface area contributed by atoms with E-state index in [9.17, 15) is 0 Å². The third-order valence-corrected chi connectivity index (χ3v) is 12.0. The van der Waals surface area contributed by atoms with Crippen molar-refractivity contribution in [2.45, 2.75) is 0 Å². The summed E-state index contributed by atoms with van der Waals surface area (Å²) in [6.45, 7) is 0. The van der Waals surface area contributed by atoms with Gasteiger partial charge in [-0.2, -0.15) is 35.9 Å². The quantitative estimate of drug-likeness (QED) is 0.118. The summed E-state index contributed by atoms with van der Waals surface area (Å²) in [6.07, 6.45) is 0. The van der Waals surface area contributed by atoms with E-state index in [-0.39, 0.29) is 31.1 Å². The SMILES string of the molecule is [U+2].[c-]1ccccc1-c1[c-]c2ccc3ccccc3c2nc1-c1ccc(-c2ccc(-c3cc(-c4cccc(-n5c6ccccc6c6ccccc65)c4)nc(-c4ccccc4)n3)cc2)cc1. The average molecular weight is 1040 g/mol. The monoisotopic (exact) mass is 1040 g/mol. The number of nitrogens with zero attached hydrogens (tertiary/aromatic N) is 4. The molecule has 3 aromatic heterocycles. The first-order chi connectivity index (χ1) is 31.2. The fourth-order valence-electron chi connectivity index (χ4n) is 8.91. The maximum Gasteiger partial charge on any atom is 2.00 e. The van der Waals surface area contributed by atoms with Gasteiger partial charge in [-0.15, -0.1) is 17.5 Å². The second-order valence-electron chi connectivity index (χ2n) is 15.8. The van der Waals surface area contributed by atoms with Crippen molar-refractivity contribution in [2.75, 3.05) is 0 Å². The number of aromatic nitrogens is 4. The first kappa shape index (κ1) is 39.4. The largest absolute Gasteiger partial charge is 2.00 e. The zero-order valence-electron chi connectivity index (χ0n) is 34.6. The van der Waals surface area contributed by atoms with Gasteiger partial charge in [-0.1, -0.05) is 158 Å². The van der Waals surface area contributed by atoms with Crippen molar-refractivity contribution in [3.63, 3.8) is 0 Å². The molecule has 0 saturated carbocycles. The molecule has 3 heterocycles. The van der Waals surface area contributed by atoms with Gasteiger partial charge in [0, 0.05) is 38.7 Å². The molecule has 0 aliphatic heterocycles. The van der Waals surface area contributed by atoms with Crippen molar-refractivity contribution in [3.8, 4) is 73.1 Å². The smallest absolute Gasteiger partial charge is 0.334 e. The molecule has 0 saturated heterocycles. The minimum absolute atomic E-state index is 0. The Labute approximate surface area is 395 Å². The van der Waals surface area contributed by atoms with Gasteiger partial charge in [0.05, 0.1) is 22.4 Å². The number of fused-ring (bicyclic) bond motifs is 6. The second kappa shape index (κ2) is 16.7. The van der Waals surface area contributed by atoms with Crippen LogP contribution in [0.5, 0.6) is 0 Å². The molecular weight excluding hydrogens is 1000 g/mol. The second-order valence-corrected chi connectivity index (χ2v) is 15.8. The Morgan fingerprint density at radius 3 is 1.70 bits per heavy atom. The molecule has 5 heteroatoms. The molecule has 0 aliphatic rings. The third kappa shape index (κ3) is 7.10. The van der Waals surface area contributed by atoms with Crippen molar-refractivity contribution >= 4 is 43.5 Å². The number of hydrogen-bond donors (Lipinski definition) is 0. The van der Waals surface area contributed by atoms with Gasteiger partial charge in [0.15, 0.2) is 5.82 Å². The summed E-state index contributed by atoms with van der Waals surface area (Å²) in [5.74, 6) is 0.685. The van der Waals surface area contributed by atoms with E-state index in [0.29, 0.717) is 5.82 Å². The molecule has 0 N–H and O–H groups in total. The van der Waals surface area contributed by atoms with Crippen LogP contribution in [0.4, 0.5) is 0 Å². The van der Waals surface area contributed by atoms with E-state index >= 15 is 0 Å². The van der Waals surface area contributed by atoms with E-state index in [1.54, 1.807) is 0 Å². The van der Waals surface area contributed by atoms with Crippen LogP contribution in [0.2, 0.25) is 0 Å². The summed E-state index contributed by atoms with van der Waals surface area (Å²) < 4.78 is 2.35. The van der Waals surface area contributed by atoms with Gasteiger partial charge in [0.2, 0.25) is 0 Å². The van der Waals surface area contributed by atoms with Crippen LogP contribution in [0.3, 0.4) is 0 Å². The van der Waals surface area contributed by atoms with Crippen molar-refractivity contribution in [1.82, 2.24) is 19.5 Å². The van der Waals surface area contributed by atoms with Crippen LogP contribution in [-0.4, -0.2) is 19.5 Å². The average Bonchev–Trinajstić information content (AvgIpc) is 3.71. The van der Waals surface area contributed by atoms with Crippen LogP contribution in [0, 0.1) is 43.2 Å². The molecular formula is C59H36N4U. The Morgan fingerprint density at radius 1 is 0.406 bits per heavy atom. The van der Waals surface area contributed by atoms with Crippen molar-refractivity contribution < 1.29 is 31.1 Å². The van der Waals surface area contributed by atoms with Gasteiger partial charge in [0.25, 0.3) is 0 Å². The van der Waals surface area contributed by atoms with Gasteiger partial charge in [-0.25, -0.2) is 15.5 Å². The van der Waals surface area contributed by atoms with Gasteiger partial charge >= 0.3 is 31.1 Å². The van der Waals surface area contributed by atoms with E-state index in [2.05, 4.69) is 199 Å². The van der Waals surface area contributed by atoms with E-state index in [0.717, 1.165) is 89.0 Å². The van der Waals surface area contributed by atoms with Gasteiger partial charge < -0.3 is 9.55 Å². The molecule has 0 aliphatic carbocycles. The molecule has 4 nitrogen and oxygen atoms in total. The fourth-order valence-corrected chi connectivity index (χ4v) is 8.91. The van der Waals surface area contributed by atoms with Crippen LogP contribution in [-0.2, 0) is 0 Å². The minimum Gasteiger partial charge on any atom is -0.334 e. The van der Waals surface area contributed by atoms with E-state index in [1.807, 2.05) is 36.4 Å². The van der Waals surface area contributed by atoms with Crippen molar-refractivity contribution in [2.24, 2.45) is 0 Å².